The predicted molar refractivity (Wildman–Crippen MR) is 51.7 cm³/mol. The van der Waals surface area contributed by atoms with Crippen LogP contribution >= 0.6 is 11.6 Å². The standard InChI is InChI=1S/C10H10ClF3O/c11-6-5-9(15)7-1-3-8(4-2-7)10(12,13)14/h1-4,9,15H,5-6H2. The summed E-state index contributed by atoms with van der Waals surface area (Å²) in [6.07, 6.45) is -4.81. The van der Waals surface area contributed by atoms with Crippen molar-refractivity contribution >= 4 is 11.6 Å². The van der Waals surface area contributed by atoms with E-state index < -0.39 is 17.8 Å². The van der Waals surface area contributed by atoms with E-state index in [1.165, 1.54) is 12.1 Å². The van der Waals surface area contributed by atoms with Crippen LogP contribution in [0.5, 0.6) is 0 Å². The van der Waals surface area contributed by atoms with Gasteiger partial charge in [0.25, 0.3) is 0 Å². The smallest absolute Gasteiger partial charge is 0.388 e. The van der Waals surface area contributed by atoms with Gasteiger partial charge in [-0.15, -0.1) is 11.6 Å². The van der Waals surface area contributed by atoms with E-state index in [2.05, 4.69) is 0 Å². The van der Waals surface area contributed by atoms with Crippen molar-refractivity contribution in [2.75, 3.05) is 5.88 Å². The zero-order valence-corrected chi connectivity index (χ0v) is 8.52. The van der Waals surface area contributed by atoms with Crippen molar-refractivity contribution in [2.45, 2.75) is 18.7 Å². The molecule has 0 saturated carbocycles. The highest BCUT2D eigenvalue weighted by molar-refractivity contribution is 6.17. The first-order valence-electron chi connectivity index (χ1n) is 4.36. The van der Waals surface area contributed by atoms with Crippen molar-refractivity contribution < 1.29 is 18.3 Å². The highest BCUT2D eigenvalue weighted by atomic mass is 35.5. The molecule has 15 heavy (non-hydrogen) atoms. The number of rotatable bonds is 3. The summed E-state index contributed by atoms with van der Waals surface area (Å²) in [5.41, 5.74) is -0.270. The van der Waals surface area contributed by atoms with Crippen LogP contribution in [0.15, 0.2) is 24.3 Å². The van der Waals surface area contributed by atoms with E-state index >= 15 is 0 Å². The third-order valence-corrected chi connectivity index (χ3v) is 2.22. The summed E-state index contributed by atoms with van der Waals surface area (Å²) in [4.78, 5) is 0. The second-order valence-electron chi connectivity index (χ2n) is 3.11. The van der Waals surface area contributed by atoms with Crippen molar-refractivity contribution in [2.24, 2.45) is 0 Å². The average molecular weight is 239 g/mol. The first-order chi connectivity index (χ1) is 6.95. The molecule has 1 unspecified atom stereocenters. The summed E-state index contributed by atoms with van der Waals surface area (Å²) in [7, 11) is 0. The SMILES string of the molecule is OC(CCCl)c1ccc(C(F)(F)F)cc1. The average Bonchev–Trinajstić information content (AvgIpc) is 2.17. The van der Waals surface area contributed by atoms with E-state index in [-0.39, 0.29) is 5.88 Å². The fraction of sp³-hybridized carbons (Fsp3) is 0.400. The van der Waals surface area contributed by atoms with Gasteiger partial charge in [0.15, 0.2) is 0 Å². The Morgan fingerprint density at radius 2 is 1.73 bits per heavy atom. The van der Waals surface area contributed by atoms with Crippen molar-refractivity contribution in [3.63, 3.8) is 0 Å². The van der Waals surface area contributed by atoms with Gasteiger partial charge in [-0.05, 0) is 24.1 Å². The molecule has 5 heteroatoms. The Morgan fingerprint density at radius 1 is 1.20 bits per heavy atom. The van der Waals surface area contributed by atoms with E-state index in [1.54, 1.807) is 0 Å². The number of benzene rings is 1. The lowest BCUT2D eigenvalue weighted by Gasteiger charge is -2.11. The molecule has 0 aromatic heterocycles. The molecule has 84 valence electrons. The van der Waals surface area contributed by atoms with Gasteiger partial charge >= 0.3 is 6.18 Å². The van der Waals surface area contributed by atoms with Crippen LogP contribution in [-0.2, 0) is 6.18 Å². The minimum atomic E-state index is -4.34. The monoisotopic (exact) mass is 238 g/mol. The lowest BCUT2D eigenvalue weighted by Crippen LogP contribution is -2.05. The van der Waals surface area contributed by atoms with Gasteiger partial charge in [-0.25, -0.2) is 0 Å². The fourth-order valence-corrected chi connectivity index (χ4v) is 1.37. The number of hydrogen-bond donors (Lipinski definition) is 1. The number of aliphatic hydroxyl groups is 1. The Labute approximate surface area is 90.5 Å². The number of alkyl halides is 4. The topological polar surface area (TPSA) is 20.2 Å². The van der Waals surface area contributed by atoms with Gasteiger partial charge < -0.3 is 5.11 Å². The molecule has 1 rings (SSSR count). The summed E-state index contributed by atoms with van der Waals surface area (Å²) >= 11 is 5.41. The van der Waals surface area contributed by atoms with Crippen molar-refractivity contribution in [3.8, 4) is 0 Å². The predicted octanol–water partition coefficient (Wildman–Crippen LogP) is 3.37. The summed E-state index contributed by atoms with van der Waals surface area (Å²) < 4.78 is 36.6. The zero-order chi connectivity index (χ0) is 11.5. The molecule has 0 radical (unpaired) electrons. The molecule has 0 saturated heterocycles. The lowest BCUT2D eigenvalue weighted by atomic mass is 10.1. The second kappa shape index (κ2) is 4.86. The van der Waals surface area contributed by atoms with Gasteiger partial charge in [-0.3, -0.25) is 0 Å². The molecule has 1 N–H and O–H groups in total. The normalized spacial score (nSPS) is 13.9. The first-order valence-corrected chi connectivity index (χ1v) is 4.90. The van der Waals surface area contributed by atoms with Crippen LogP contribution in [0.4, 0.5) is 13.2 Å². The van der Waals surface area contributed by atoms with Crippen LogP contribution in [0.3, 0.4) is 0 Å². The van der Waals surface area contributed by atoms with E-state index in [4.69, 9.17) is 11.6 Å². The third kappa shape index (κ3) is 3.39. The molecule has 0 amide bonds. The Kier molecular flexibility index (Phi) is 3.99. The van der Waals surface area contributed by atoms with E-state index in [9.17, 15) is 18.3 Å². The molecule has 0 bridgehead atoms. The minimum absolute atomic E-state index is 0.266. The maximum absolute atomic E-state index is 12.2. The molecule has 1 aromatic rings. The molecule has 0 spiro atoms. The number of halogens is 4. The van der Waals surface area contributed by atoms with Crippen molar-refractivity contribution in [1.82, 2.24) is 0 Å². The van der Waals surface area contributed by atoms with Gasteiger partial charge in [-0.1, -0.05) is 12.1 Å². The van der Waals surface area contributed by atoms with Crippen LogP contribution in [0.25, 0.3) is 0 Å². The summed E-state index contributed by atoms with van der Waals surface area (Å²) in [5.74, 6) is 0.266. The molecule has 0 heterocycles. The van der Waals surface area contributed by atoms with Gasteiger partial charge in [0.2, 0.25) is 0 Å². The minimum Gasteiger partial charge on any atom is -0.388 e. The second-order valence-corrected chi connectivity index (χ2v) is 3.49. The Balaban J connectivity index is 2.81. The van der Waals surface area contributed by atoms with Crippen LogP contribution in [0.1, 0.15) is 23.7 Å². The van der Waals surface area contributed by atoms with E-state index in [0.717, 1.165) is 12.1 Å². The molecule has 1 nitrogen and oxygen atoms in total. The maximum Gasteiger partial charge on any atom is 0.416 e. The van der Waals surface area contributed by atoms with Gasteiger partial charge in [0.05, 0.1) is 11.7 Å². The van der Waals surface area contributed by atoms with E-state index in [0.29, 0.717) is 12.0 Å². The Bertz CT molecular complexity index is 307. The first kappa shape index (κ1) is 12.3. The van der Waals surface area contributed by atoms with Crippen LogP contribution in [0, 0.1) is 0 Å². The van der Waals surface area contributed by atoms with E-state index in [1.807, 2.05) is 0 Å². The van der Waals surface area contributed by atoms with Crippen molar-refractivity contribution in [1.29, 1.82) is 0 Å². The number of hydrogen-bond acceptors (Lipinski definition) is 1. The highest BCUT2D eigenvalue weighted by Gasteiger charge is 2.30. The quantitative estimate of drug-likeness (QED) is 0.801. The lowest BCUT2D eigenvalue weighted by molar-refractivity contribution is -0.137. The van der Waals surface area contributed by atoms with Crippen LogP contribution < -0.4 is 0 Å². The summed E-state index contributed by atoms with van der Waals surface area (Å²) in [6, 6.07) is 4.43. The maximum atomic E-state index is 12.2. The fourth-order valence-electron chi connectivity index (χ4n) is 1.16. The molecule has 0 aliphatic carbocycles. The zero-order valence-electron chi connectivity index (χ0n) is 7.76. The summed E-state index contributed by atoms with van der Waals surface area (Å²) in [6.45, 7) is 0. The van der Waals surface area contributed by atoms with Crippen molar-refractivity contribution in [3.05, 3.63) is 35.4 Å². The highest BCUT2D eigenvalue weighted by Crippen LogP contribution is 2.30. The van der Waals surface area contributed by atoms with Gasteiger partial charge in [0.1, 0.15) is 0 Å². The van der Waals surface area contributed by atoms with Crippen LogP contribution in [-0.4, -0.2) is 11.0 Å². The molecule has 0 fully saturated rings. The number of aliphatic hydroxyl groups excluding tert-OH is 1. The van der Waals surface area contributed by atoms with Gasteiger partial charge in [-0.2, -0.15) is 13.2 Å². The molecular weight excluding hydrogens is 229 g/mol. The molecule has 0 aliphatic heterocycles. The third-order valence-electron chi connectivity index (χ3n) is 2.01. The molecule has 0 aliphatic rings. The van der Waals surface area contributed by atoms with Crippen LogP contribution in [0.2, 0.25) is 0 Å². The summed E-state index contributed by atoms with van der Waals surface area (Å²) in [5, 5.41) is 9.45. The Hall–Kier alpha value is -0.740. The largest absolute Gasteiger partial charge is 0.416 e. The van der Waals surface area contributed by atoms with Gasteiger partial charge in [0, 0.05) is 5.88 Å². The molecular formula is C10H10ClF3O. The molecule has 1 atom stereocenters. The molecule has 1 aromatic carbocycles. The Morgan fingerprint density at radius 3 is 2.13 bits per heavy atom.